The Labute approximate surface area is 172 Å². The molecule has 28 heavy (non-hydrogen) atoms. The first-order valence-electron chi connectivity index (χ1n) is 9.66. The van der Waals surface area contributed by atoms with E-state index in [4.69, 9.17) is 11.6 Å². The number of anilines is 1. The fourth-order valence-corrected chi connectivity index (χ4v) is 3.45. The van der Waals surface area contributed by atoms with Crippen LogP contribution in [0, 0.1) is 5.41 Å². The summed E-state index contributed by atoms with van der Waals surface area (Å²) in [6.45, 7) is 5.77. The molecule has 1 aromatic rings. The van der Waals surface area contributed by atoms with E-state index in [2.05, 4.69) is 52.9 Å². The van der Waals surface area contributed by atoms with Gasteiger partial charge in [-0.3, -0.25) is 15.2 Å². The first-order valence-corrected chi connectivity index (χ1v) is 10.0. The number of hydrogen-bond donors (Lipinski definition) is 2. The van der Waals surface area contributed by atoms with Gasteiger partial charge in [0, 0.05) is 25.2 Å². The summed E-state index contributed by atoms with van der Waals surface area (Å²) in [5, 5.41) is 7.59. The summed E-state index contributed by atoms with van der Waals surface area (Å²) in [6, 6.07) is 5.32. The predicted octanol–water partition coefficient (Wildman–Crippen LogP) is 5.33. The molecule has 2 N–H and O–H groups in total. The lowest BCUT2D eigenvalue weighted by molar-refractivity contribution is -0.114. The summed E-state index contributed by atoms with van der Waals surface area (Å²) in [7, 11) is 1.79. The number of aliphatic imine (C=N–C) groups is 1. The summed E-state index contributed by atoms with van der Waals surface area (Å²) in [5.74, 6) is 0.749. The van der Waals surface area contributed by atoms with E-state index in [-0.39, 0.29) is 11.3 Å². The molecule has 0 unspecified atom stereocenters. The molecule has 150 valence electrons. The van der Waals surface area contributed by atoms with Gasteiger partial charge in [-0.05, 0) is 43.9 Å². The highest BCUT2D eigenvalue weighted by Crippen LogP contribution is 2.53. The van der Waals surface area contributed by atoms with Gasteiger partial charge in [0.2, 0.25) is 5.91 Å². The van der Waals surface area contributed by atoms with Crippen LogP contribution in [0.15, 0.2) is 52.1 Å². The van der Waals surface area contributed by atoms with Crippen molar-refractivity contribution in [2.45, 2.75) is 46.5 Å². The lowest BCUT2D eigenvalue weighted by atomic mass is 9.91. The molecule has 0 heterocycles. The van der Waals surface area contributed by atoms with Crippen LogP contribution in [0.4, 0.5) is 5.69 Å². The number of nitrogens with one attached hydrogen (secondary N) is 2. The average Bonchev–Trinajstić information content (AvgIpc) is 3.45. The predicted molar refractivity (Wildman–Crippen MR) is 119 cm³/mol. The topological polar surface area (TPSA) is 65.8 Å². The van der Waals surface area contributed by atoms with Crippen LogP contribution in [0.1, 0.15) is 52.0 Å². The zero-order valence-corrected chi connectivity index (χ0v) is 17.8. The van der Waals surface area contributed by atoms with Crippen molar-refractivity contribution < 1.29 is 4.79 Å². The van der Waals surface area contributed by atoms with Crippen LogP contribution in [0.2, 0.25) is 5.02 Å². The van der Waals surface area contributed by atoms with Crippen LogP contribution >= 0.6 is 11.6 Å². The lowest BCUT2D eigenvalue weighted by Gasteiger charge is -2.20. The summed E-state index contributed by atoms with van der Waals surface area (Å²) in [5.41, 5.74) is 5.89. The number of carbonyl (C=O) groups is 1. The van der Waals surface area contributed by atoms with Crippen molar-refractivity contribution in [1.82, 2.24) is 5.43 Å². The Morgan fingerprint density at radius 1 is 1.32 bits per heavy atom. The van der Waals surface area contributed by atoms with Crippen molar-refractivity contribution in [3.05, 3.63) is 52.6 Å². The van der Waals surface area contributed by atoms with Crippen molar-refractivity contribution >= 4 is 35.2 Å². The van der Waals surface area contributed by atoms with E-state index in [0.717, 1.165) is 37.1 Å². The number of nitrogens with zero attached hydrogens (tertiary/aromatic N) is 2. The molecule has 1 fully saturated rings. The maximum Gasteiger partial charge on any atom is 0.221 e. The highest BCUT2D eigenvalue weighted by molar-refractivity contribution is 6.33. The summed E-state index contributed by atoms with van der Waals surface area (Å²) < 4.78 is 0. The van der Waals surface area contributed by atoms with Gasteiger partial charge < -0.3 is 5.32 Å². The molecule has 0 aliphatic heterocycles. The van der Waals surface area contributed by atoms with Gasteiger partial charge in [-0.15, -0.1) is 0 Å². The van der Waals surface area contributed by atoms with Gasteiger partial charge >= 0.3 is 0 Å². The Hall–Kier alpha value is -2.40. The fraction of sp³-hybridized carbons (Fsp3) is 0.409. The third-order valence-electron chi connectivity index (χ3n) is 4.79. The van der Waals surface area contributed by atoms with Crippen molar-refractivity contribution in [3.8, 4) is 0 Å². The number of carbonyl (C=O) groups excluding carboxylic acids is 1. The van der Waals surface area contributed by atoms with Crippen molar-refractivity contribution in [2.75, 3.05) is 12.4 Å². The summed E-state index contributed by atoms with van der Waals surface area (Å²) in [6.07, 6.45) is 12.3. The molecule has 1 amide bonds. The highest BCUT2D eigenvalue weighted by Gasteiger charge is 2.49. The second kappa shape index (κ2) is 10.2. The van der Waals surface area contributed by atoms with Crippen LogP contribution in [-0.2, 0) is 4.79 Å². The number of allylic oxidation sites excluding steroid dienone is 3. The largest absolute Gasteiger partial charge is 0.326 e. The highest BCUT2D eigenvalue weighted by atomic mass is 35.5. The molecule has 0 bridgehead atoms. The Morgan fingerprint density at radius 3 is 2.61 bits per heavy atom. The molecule has 1 saturated carbocycles. The summed E-state index contributed by atoms with van der Waals surface area (Å²) in [4.78, 5) is 15.6. The number of halogens is 1. The standard InChI is InChI=1S/C22H29ClN4O/c1-5-7-8-9-18(6-2)22(12-13-22)21(24-4)27-25-15-17-10-11-19(14-20(17)23)26-16(3)28/h7-11,14-15H,5-6,12-13H2,1-4H3,(H,24,27)(H,26,28)/b8-7-,18-9+,25-15+. The first-order chi connectivity index (χ1) is 13.5. The zero-order valence-electron chi connectivity index (χ0n) is 17.1. The Balaban J connectivity index is 2.11. The van der Waals surface area contributed by atoms with Gasteiger partial charge in [-0.1, -0.05) is 49.2 Å². The number of rotatable bonds is 8. The van der Waals surface area contributed by atoms with Gasteiger partial charge in [-0.2, -0.15) is 5.10 Å². The second-order valence-electron chi connectivity index (χ2n) is 6.82. The first kappa shape index (κ1) is 21.9. The lowest BCUT2D eigenvalue weighted by Crippen LogP contribution is -2.30. The third-order valence-corrected chi connectivity index (χ3v) is 5.11. The molecule has 5 nitrogen and oxygen atoms in total. The number of amides is 1. The molecule has 0 radical (unpaired) electrons. The maximum absolute atomic E-state index is 11.1. The SMILES string of the molecule is CC/C=C\C=C(/CC)C1(C(=NC)N/N=C/c2ccc(NC(C)=O)cc2Cl)CC1. The van der Waals surface area contributed by atoms with Gasteiger partial charge in [0.05, 0.1) is 16.7 Å². The van der Waals surface area contributed by atoms with Crippen molar-refractivity contribution in [2.24, 2.45) is 15.5 Å². The van der Waals surface area contributed by atoms with E-state index in [1.54, 1.807) is 25.4 Å². The molecule has 2 rings (SSSR count). The molecule has 1 aromatic carbocycles. The Kier molecular flexibility index (Phi) is 8.00. The van der Waals surface area contributed by atoms with E-state index in [1.807, 2.05) is 6.07 Å². The summed E-state index contributed by atoms with van der Waals surface area (Å²) >= 11 is 6.29. The molecular formula is C22H29ClN4O. The van der Waals surface area contributed by atoms with Crippen LogP contribution in [0.5, 0.6) is 0 Å². The van der Waals surface area contributed by atoms with Crippen molar-refractivity contribution in [3.63, 3.8) is 0 Å². The van der Waals surface area contributed by atoms with Gasteiger partial charge in [0.25, 0.3) is 0 Å². The minimum absolute atomic E-state index is 0.0298. The number of benzene rings is 1. The molecular weight excluding hydrogens is 372 g/mol. The second-order valence-corrected chi connectivity index (χ2v) is 7.23. The molecule has 0 atom stereocenters. The van der Waals surface area contributed by atoms with Gasteiger partial charge in [0.1, 0.15) is 5.84 Å². The zero-order chi connectivity index (χ0) is 20.6. The van der Waals surface area contributed by atoms with Gasteiger partial charge in [-0.25, -0.2) is 0 Å². The van der Waals surface area contributed by atoms with Crippen LogP contribution < -0.4 is 10.7 Å². The maximum atomic E-state index is 11.1. The van der Waals surface area contributed by atoms with Crippen LogP contribution in [-0.4, -0.2) is 25.0 Å². The minimum atomic E-state index is -0.133. The minimum Gasteiger partial charge on any atom is -0.326 e. The Bertz CT molecular complexity index is 820. The van der Waals surface area contributed by atoms with Crippen molar-refractivity contribution in [1.29, 1.82) is 0 Å². The number of amidine groups is 1. The van der Waals surface area contributed by atoms with Crippen LogP contribution in [0.25, 0.3) is 0 Å². The van der Waals surface area contributed by atoms with E-state index in [1.165, 1.54) is 12.5 Å². The number of hydrazone groups is 1. The molecule has 0 spiro atoms. The molecule has 0 aromatic heterocycles. The fourth-order valence-electron chi connectivity index (χ4n) is 3.22. The molecule has 1 aliphatic rings. The van der Waals surface area contributed by atoms with E-state index < -0.39 is 0 Å². The van der Waals surface area contributed by atoms with E-state index >= 15 is 0 Å². The Morgan fingerprint density at radius 2 is 2.07 bits per heavy atom. The smallest absolute Gasteiger partial charge is 0.221 e. The monoisotopic (exact) mass is 400 g/mol. The molecule has 0 saturated heterocycles. The normalized spacial score (nSPS) is 16.6. The van der Waals surface area contributed by atoms with E-state index in [9.17, 15) is 4.79 Å². The quantitative estimate of drug-likeness (QED) is 0.268. The molecule has 6 heteroatoms. The number of hydrogen-bond acceptors (Lipinski definition) is 3. The van der Waals surface area contributed by atoms with Gasteiger partial charge in [0.15, 0.2) is 0 Å². The average molecular weight is 401 g/mol. The van der Waals surface area contributed by atoms with E-state index in [0.29, 0.717) is 10.7 Å². The third kappa shape index (κ3) is 5.55. The molecule has 1 aliphatic carbocycles. The van der Waals surface area contributed by atoms with Crippen LogP contribution in [0.3, 0.4) is 0 Å².